The topological polar surface area (TPSA) is 61.4 Å². The summed E-state index contributed by atoms with van der Waals surface area (Å²) in [6.45, 7) is 0. The van der Waals surface area contributed by atoms with Gasteiger partial charge in [0.1, 0.15) is 6.23 Å². The summed E-state index contributed by atoms with van der Waals surface area (Å²) in [5.74, 6) is 3.03. The van der Waals surface area contributed by atoms with Gasteiger partial charge in [-0.3, -0.25) is 10.2 Å². The average Bonchev–Trinajstić information content (AvgIpc) is 2.52. The van der Waals surface area contributed by atoms with Crippen LogP contribution in [0.3, 0.4) is 0 Å². The van der Waals surface area contributed by atoms with Crippen molar-refractivity contribution in [3.05, 3.63) is 34.3 Å². The highest BCUT2D eigenvalue weighted by Gasteiger charge is 2.50. The molecule has 1 atom stereocenters. The van der Waals surface area contributed by atoms with Gasteiger partial charge in [0.15, 0.2) is 0 Å². The lowest BCUT2D eigenvalue weighted by molar-refractivity contribution is -0.140. The maximum atomic E-state index is 12.6. The zero-order valence-electron chi connectivity index (χ0n) is 13.0. The highest BCUT2D eigenvalue weighted by atomic mass is 79.9. The molecule has 0 radical (unpaired) electrons. The predicted octanol–water partition coefficient (Wildman–Crippen LogP) is 3.13. The molecular formula is C18H23BrN2O2. The second kappa shape index (κ2) is 6.19. The third-order valence-electron chi connectivity index (χ3n) is 6.05. The summed E-state index contributed by atoms with van der Waals surface area (Å²) in [6, 6.07) is 7.41. The summed E-state index contributed by atoms with van der Waals surface area (Å²) in [6.07, 6.45) is 5.40. The van der Waals surface area contributed by atoms with E-state index in [1.807, 2.05) is 24.3 Å². The Balaban J connectivity index is 1.36. The van der Waals surface area contributed by atoms with Gasteiger partial charge in [-0.15, -0.1) is 0 Å². The SMILES string of the molecule is O=C(NNC(O)c1ccc(Br)cc1)C1C2CC3CC(C2)CC1C3. The second-order valence-electron chi connectivity index (χ2n) is 7.54. The van der Waals surface area contributed by atoms with E-state index < -0.39 is 6.23 Å². The Bertz CT molecular complexity index is 561. The van der Waals surface area contributed by atoms with E-state index in [1.54, 1.807) is 0 Å². The zero-order chi connectivity index (χ0) is 16.0. The van der Waals surface area contributed by atoms with Crippen LogP contribution in [-0.4, -0.2) is 11.0 Å². The minimum Gasteiger partial charge on any atom is -0.373 e. The molecule has 0 saturated heterocycles. The molecule has 1 unspecified atom stereocenters. The molecule has 4 nitrogen and oxygen atoms in total. The lowest BCUT2D eigenvalue weighted by Gasteiger charge is -2.53. The maximum absolute atomic E-state index is 12.6. The number of amides is 1. The number of halogens is 1. The molecule has 0 aliphatic heterocycles. The van der Waals surface area contributed by atoms with E-state index in [0.717, 1.165) is 21.9 Å². The van der Waals surface area contributed by atoms with Gasteiger partial charge < -0.3 is 5.11 Å². The average molecular weight is 379 g/mol. The molecule has 3 N–H and O–H groups in total. The van der Waals surface area contributed by atoms with Crippen LogP contribution in [0.2, 0.25) is 0 Å². The summed E-state index contributed by atoms with van der Waals surface area (Å²) < 4.78 is 0.964. The number of carbonyl (C=O) groups is 1. The molecule has 4 aliphatic rings. The monoisotopic (exact) mass is 378 g/mol. The van der Waals surface area contributed by atoms with E-state index in [4.69, 9.17) is 0 Å². The minimum atomic E-state index is -0.885. The van der Waals surface area contributed by atoms with E-state index in [0.29, 0.717) is 11.8 Å². The molecular weight excluding hydrogens is 356 g/mol. The van der Waals surface area contributed by atoms with E-state index in [2.05, 4.69) is 26.8 Å². The maximum Gasteiger partial charge on any atom is 0.237 e. The van der Waals surface area contributed by atoms with Gasteiger partial charge >= 0.3 is 0 Å². The van der Waals surface area contributed by atoms with Gasteiger partial charge in [-0.1, -0.05) is 28.1 Å². The smallest absolute Gasteiger partial charge is 0.237 e. The van der Waals surface area contributed by atoms with Crippen LogP contribution in [0.4, 0.5) is 0 Å². The summed E-state index contributed by atoms with van der Waals surface area (Å²) >= 11 is 3.37. The molecule has 4 aliphatic carbocycles. The molecule has 4 saturated carbocycles. The Kier molecular flexibility index (Phi) is 4.20. The number of aliphatic hydroxyl groups is 1. The Labute approximate surface area is 145 Å². The van der Waals surface area contributed by atoms with Crippen LogP contribution in [-0.2, 0) is 4.79 Å². The Morgan fingerprint density at radius 3 is 2.17 bits per heavy atom. The van der Waals surface area contributed by atoms with E-state index >= 15 is 0 Å². The van der Waals surface area contributed by atoms with Crippen molar-refractivity contribution in [3.8, 4) is 0 Å². The van der Waals surface area contributed by atoms with Crippen molar-refractivity contribution in [2.75, 3.05) is 0 Å². The number of carbonyl (C=O) groups excluding carboxylic acids is 1. The van der Waals surface area contributed by atoms with Crippen LogP contribution in [0.25, 0.3) is 0 Å². The van der Waals surface area contributed by atoms with Crippen molar-refractivity contribution in [1.29, 1.82) is 0 Å². The number of nitrogens with one attached hydrogen (secondary N) is 2. The Hall–Kier alpha value is -0.910. The third-order valence-corrected chi connectivity index (χ3v) is 6.58. The number of benzene rings is 1. The fourth-order valence-electron chi connectivity index (χ4n) is 5.30. The van der Waals surface area contributed by atoms with Crippen LogP contribution >= 0.6 is 15.9 Å². The number of hydrogen-bond acceptors (Lipinski definition) is 3. The first-order chi connectivity index (χ1) is 11.1. The molecule has 1 aromatic rings. The molecule has 4 fully saturated rings. The van der Waals surface area contributed by atoms with Crippen LogP contribution in [0.15, 0.2) is 28.7 Å². The molecule has 0 heterocycles. The molecule has 23 heavy (non-hydrogen) atoms. The van der Waals surface area contributed by atoms with Crippen molar-refractivity contribution >= 4 is 21.8 Å². The molecule has 1 amide bonds. The molecule has 5 heteroatoms. The molecule has 4 bridgehead atoms. The third kappa shape index (κ3) is 3.06. The summed E-state index contributed by atoms with van der Waals surface area (Å²) in [7, 11) is 0. The van der Waals surface area contributed by atoms with E-state index in [-0.39, 0.29) is 11.8 Å². The first-order valence-electron chi connectivity index (χ1n) is 8.59. The van der Waals surface area contributed by atoms with Gasteiger partial charge in [0.2, 0.25) is 5.91 Å². The van der Waals surface area contributed by atoms with Crippen molar-refractivity contribution in [1.82, 2.24) is 10.9 Å². The normalized spacial score (nSPS) is 36.0. The Morgan fingerprint density at radius 2 is 1.61 bits per heavy atom. The Morgan fingerprint density at radius 1 is 1.04 bits per heavy atom. The summed E-state index contributed by atoms with van der Waals surface area (Å²) in [5.41, 5.74) is 6.28. The van der Waals surface area contributed by atoms with Crippen LogP contribution in [0.5, 0.6) is 0 Å². The number of aliphatic hydroxyl groups excluding tert-OH is 1. The van der Waals surface area contributed by atoms with Crippen LogP contribution < -0.4 is 10.9 Å². The fraction of sp³-hybridized carbons (Fsp3) is 0.611. The van der Waals surface area contributed by atoms with Gasteiger partial charge in [0.05, 0.1) is 0 Å². The fourth-order valence-corrected chi connectivity index (χ4v) is 5.57. The van der Waals surface area contributed by atoms with Crippen molar-refractivity contribution in [2.24, 2.45) is 29.6 Å². The van der Waals surface area contributed by atoms with Crippen molar-refractivity contribution in [2.45, 2.75) is 38.3 Å². The van der Waals surface area contributed by atoms with Gasteiger partial charge in [-0.2, -0.15) is 0 Å². The van der Waals surface area contributed by atoms with Crippen molar-refractivity contribution < 1.29 is 9.90 Å². The first-order valence-corrected chi connectivity index (χ1v) is 9.38. The molecule has 5 rings (SSSR count). The summed E-state index contributed by atoms with van der Waals surface area (Å²) in [5, 5.41) is 10.2. The lowest BCUT2D eigenvalue weighted by atomic mass is 9.52. The molecule has 1 aromatic carbocycles. The highest BCUT2D eigenvalue weighted by molar-refractivity contribution is 9.10. The van der Waals surface area contributed by atoms with E-state index in [9.17, 15) is 9.90 Å². The van der Waals surface area contributed by atoms with Gasteiger partial charge in [-0.25, -0.2) is 5.43 Å². The zero-order valence-corrected chi connectivity index (χ0v) is 14.6. The van der Waals surface area contributed by atoms with E-state index in [1.165, 1.54) is 32.1 Å². The first kappa shape index (κ1) is 15.6. The molecule has 124 valence electrons. The van der Waals surface area contributed by atoms with Gasteiger partial charge in [0, 0.05) is 10.4 Å². The van der Waals surface area contributed by atoms with Gasteiger partial charge in [0.25, 0.3) is 0 Å². The van der Waals surface area contributed by atoms with Crippen LogP contribution in [0.1, 0.15) is 43.9 Å². The minimum absolute atomic E-state index is 0.0648. The van der Waals surface area contributed by atoms with Crippen LogP contribution in [0, 0.1) is 29.6 Å². The molecule has 0 aromatic heterocycles. The number of rotatable bonds is 4. The number of hydrogen-bond donors (Lipinski definition) is 3. The largest absolute Gasteiger partial charge is 0.373 e. The number of hydrazine groups is 1. The second-order valence-corrected chi connectivity index (χ2v) is 8.46. The predicted molar refractivity (Wildman–Crippen MR) is 90.9 cm³/mol. The quantitative estimate of drug-likeness (QED) is 0.557. The standard InChI is InChI=1S/C18H23BrN2O2/c19-15-3-1-12(2-4-15)17(22)20-21-18(23)16-13-6-10-5-11(8-13)9-14(16)7-10/h1-4,10-11,13-14,16-17,20,22H,5-9H2,(H,21,23). The molecule has 0 spiro atoms. The van der Waals surface area contributed by atoms with Crippen molar-refractivity contribution in [3.63, 3.8) is 0 Å². The highest BCUT2D eigenvalue weighted by Crippen LogP contribution is 2.56. The summed E-state index contributed by atoms with van der Waals surface area (Å²) in [4.78, 5) is 12.6. The lowest BCUT2D eigenvalue weighted by Crippen LogP contribution is -2.53. The van der Waals surface area contributed by atoms with Gasteiger partial charge in [-0.05, 0) is 73.5 Å².